The fraction of sp³-hybridized carbons (Fsp3) is 0.636. The SMILES string of the molecule is CCNC(C)(CC(C)n1cccn1)C(=O)O. The molecule has 2 unspecified atom stereocenters. The van der Waals surface area contributed by atoms with Crippen LogP contribution in [0, 0.1) is 0 Å². The maximum absolute atomic E-state index is 11.2. The molecule has 5 nitrogen and oxygen atoms in total. The van der Waals surface area contributed by atoms with E-state index in [9.17, 15) is 9.90 Å². The predicted octanol–water partition coefficient (Wildman–Crippen LogP) is 1.29. The molecule has 0 aromatic carbocycles. The van der Waals surface area contributed by atoms with E-state index in [0.29, 0.717) is 13.0 Å². The van der Waals surface area contributed by atoms with Gasteiger partial charge in [-0.25, -0.2) is 0 Å². The first-order valence-electron chi connectivity index (χ1n) is 5.47. The third kappa shape index (κ3) is 2.82. The van der Waals surface area contributed by atoms with Gasteiger partial charge in [0.2, 0.25) is 0 Å². The van der Waals surface area contributed by atoms with Gasteiger partial charge in [-0.1, -0.05) is 6.92 Å². The predicted molar refractivity (Wildman–Crippen MR) is 61.3 cm³/mol. The average molecular weight is 225 g/mol. The highest BCUT2D eigenvalue weighted by molar-refractivity contribution is 5.78. The lowest BCUT2D eigenvalue weighted by Crippen LogP contribution is -2.50. The van der Waals surface area contributed by atoms with E-state index in [1.165, 1.54) is 0 Å². The van der Waals surface area contributed by atoms with E-state index in [-0.39, 0.29) is 6.04 Å². The Labute approximate surface area is 95.5 Å². The lowest BCUT2D eigenvalue weighted by Gasteiger charge is -2.28. The third-order valence-corrected chi connectivity index (χ3v) is 2.72. The first-order valence-corrected chi connectivity index (χ1v) is 5.47. The molecule has 0 bridgehead atoms. The monoisotopic (exact) mass is 225 g/mol. The molecule has 1 heterocycles. The molecule has 2 N–H and O–H groups in total. The van der Waals surface area contributed by atoms with E-state index in [1.807, 2.05) is 26.1 Å². The van der Waals surface area contributed by atoms with E-state index < -0.39 is 11.5 Å². The smallest absolute Gasteiger partial charge is 0.323 e. The van der Waals surface area contributed by atoms with Crippen LogP contribution >= 0.6 is 0 Å². The third-order valence-electron chi connectivity index (χ3n) is 2.72. The molecular weight excluding hydrogens is 206 g/mol. The highest BCUT2D eigenvalue weighted by Crippen LogP contribution is 2.20. The van der Waals surface area contributed by atoms with Crippen molar-refractivity contribution in [1.82, 2.24) is 15.1 Å². The van der Waals surface area contributed by atoms with E-state index in [2.05, 4.69) is 10.4 Å². The summed E-state index contributed by atoms with van der Waals surface area (Å²) in [6.07, 6.45) is 4.04. The summed E-state index contributed by atoms with van der Waals surface area (Å²) in [7, 11) is 0. The number of hydrogen-bond acceptors (Lipinski definition) is 3. The first-order chi connectivity index (χ1) is 7.49. The molecule has 0 aliphatic heterocycles. The molecule has 0 amide bonds. The Morgan fingerprint density at radius 1 is 1.69 bits per heavy atom. The van der Waals surface area contributed by atoms with Crippen LogP contribution in [0.15, 0.2) is 18.5 Å². The number of carbonyl (C=O) groups is 1. The number of aliphatic carboxylic acids is 1. The molecule has 0 aliphatic rings. The van der Waals surface area contributed by atoms with Crippen molar-refractivity contribution >= 4 is 5.97 Å². The number of carboxylic acids is 1. The van der Waals surface area contributed by atoms with Gasteiger partial charge < -0.3 is 10.4 Å². The lowest BCUT2D eigenvalue weighted by molar-refractivity contribution is -0.144. The van der Waals surface area contributed by atoms with Gasteiger partial charge in [0.1, 0.15) is 5.54 Å². The maximum Gasteiger partial charge on any atom is 0.323 e. The molecule has 5 heteroatoms. The van der Waals surface area contributed by atoms with Crippen molar-refractivity contribution in [3.05, 3.63) is 18.5 Å². The van der Waals surface area contributed by atoms with Gasteiger partial charge in [-0.3, -0.25) is 9.48 Å². The minimum absolute atomic E-state index is 0.0511. The van der Waals surface area contributed by atoms with Crippen LogP contribution in [0.4, 0.5) is 0 Å². The van der Waals surface area contributed by atoms with E-state index in [1.54, 1.807) is 17.8 Å². The number of hydrogen-bond donors (Lipinski definition) is 2. The Bertz CT molecular complexity index is 337. The Hall–Kier alpha value is -1.36. The van der Waals surface area contributed by atoms with Gasteiger partial charge in [0.05, 0.1) is 6.04 Å². The Balaban J connectivity index is 2.72. The molecule has 16 heavy (non-hydrogen) atoms. The van der Waals surface area contributed by atoms with Crippen LogP contribution in [-0.4, -0.2) is 32.9 Å². The summed E-state index contributed by atoms with van der Waals surface area (Å²) < 4.78 is 1.78. The molecule has 1 aromatic rings. The largest absolute Gasteiger partial charge is 0.480 e. The molecule has 1 rings (SSSR count). The average Bonchev–Trinajstić information content (AvgIpc) is 2.70. The Morgan fingerprint density at radius 3 is 2.81 bits per heavy atom. The summed E-state index contributed by atoms with van der Waals surface area (Å²) in [4.78, 5) is 11.2. The van der Waals surface area contributed by atoms with Gasteiger partial charge in [0.25, 0.3) is 0 Å². The highest BCUT2D eigenvalue weighted by atomic mass is 16.4. The van der Waals surface area contributed by atoms with Crippen molar-refractivity contribution in [1.29, 1.82) is 0 Å². The van der Waals surface area contributed by atoms with Crippen LogP contribution in [-0.2, 0) is 4.79 Å². The molecule has 1 aromatic heterocycles. The number of carboxylic acid groups (broad SMARTS) is 1. The van der Waals surface area contributed by atoms with Crippen LogP contribution in [0.5, 0.6) is 0 Å². The summed E-state index contributed by atoms with van der Waals surface area (Å²) in [6.45, 7) is 6.21. The number of likely N-dealkylation sites (N-methyl/N-ethyl adjacent to an activating group) is 1. The van der Waals surface area contributed by atoms with Crippen LogP contribution in [0.25, 0.3) is 0 Å². The molecule has 0 saturated heterocycles. The van der Waals surface area contributed by atoms with E-state index >= 15 is 0 Å². The number of rotatable bonds is 6. The zero-order chi connectivity index (χ0) is 12.2. The van der Waals surface area contributed by atoms with Gasteiger partial charge in [-0.2, -0.15) is 5.10 Å². The second-order valence-corrected chi connectivity index (χ2v) is 4.21. The molecule has 0 fully saturated rings. The highest BCUT2D eigenvalue weighted by Gasteiger charge is 2.34. The summed E-state index contributed by atoms with van der Waals surface area (Å²) in [5, 5.41) is 16.3. The van der Waals surface area contributed by atoms with Gasteiger partial charge in [-0.05, 0) is 32.9 Å². The van der Waals surface area contributed by atoms with Crippen molar-refractivity contribution in [3.8, 4) is 0 Å². The molecule has 90 valence electrons. The van der Waals surface area contributed by atoms with Gasteiger partial charge in [-0.15, -0.1) is 0 Å². The zero-order valence-corrected chi connectivity index (χ0v) is 9.97. The van der Waals surface area contributed by atoms with Gasteiger partial charge in [0.15, 0.2) is 0 Å². The summed E-state index contributed by atoms with van der Waals surface area (Å²) >= 11 is 0. The minimum Gasteiger partial charge on any atom is -0.480 e. The second kappa shape index (κ2) is 5.12. The minimum atomic E-state index is -0.903. The van der Waals surface area contributed by atoms with Crippen molar-refractivity contribution < 1.29 is 9.90 Å². The molecule has 0 spiro atoms. The molecule has 0 radical (unpaired) electrons. The van der Waals surface area contributed by atoms with Crippen LogP contribution < -0.4 is 5.32 Å². The summed E-state index contributed by atoms with van der Waals surface area (Å²) in [6, 6.07) is 1.89. The summed E-state index contributed by atoms with van der Waals surface area (Å²) in [5.74, 6) is -0.826. The van der Waals surface area contributed by atoms with Crippen molar-refractivity contribution in [2.24, 2.45) is 0 Å². The van der Waals surface area contributed by atoms with Crippen molar-refractivity contribution in [2.75, 3.05) is 6.54 Å². The summed E-state index contributed by atoms with van der Waals surface area (Å²) in [5.41, 5.74) is -0.903. The van der Waals surface area contributed by atoms with E-state index in [4.69, 9.17) is 0 Å². The standard InChI is InChI=1S/C11H19N3O2/c1-4-12-11(3,10(15)16)8-9(2)14-7-5-6-13-14/h5-7,9,12H,4,8H2,1-3H3,(H,15,16). The molecular formula is C11H19N3O2. The van der Waals surface area contributed by atoms with Crippen LogP contribution in [0.3, 0.4) is 0 Å². The fourth-order valence-corrected chi connectivity index (χ4v) is 1.85. The Kier molecular flexibility index (Phi) is 4.06. The van der Waals surface area contributed by atoms with Crippen molar-refractivity contribution in [3.63, 3.8) is 0 Å². The normalized spacial score (nSPS) is 16.7. The topological polar surface area (TPSA) is 67.2 Å². The van der Waals surface area contributed by atoms with Crippen LogP contribution in [0.1, 0.15) is 33.2 Å². The van der Waals surface area contributed by atoms with E-state index in [0.717, 1.165) is 0 Å². The quantitative estimate of drug-likeness (QED) is 0.765. The zero-order valence-electron chi connectivity index (χ0n) is 9.97. The maximum atomic E-state index is 11.2. The van der Waals surface area contributed by atoms with Gasteiger partial charge in [0, 0.05) is 12.4 Å². The first kappa shape index (κ1) is 12.7. The lowest BCUT2D eigenvalue weighted by atomic mass is 9.93. The van der Waals surface area contributed by atoms with Gasteiger partial charge >= 0.3 is 5.97 Å². The van der Waals surface area contributed by atoms with Crippen LogP contribution in [0.2, 0.25) is 0 Å². The molecule has 2 atom stereocenters. The van der Waals surface area contributed by atoms with Crippen molar-refractivity contribution in [2.45, 2.75) is 38.8 Å². The number of aromatic nitrogens is 2. The Morgan fingerprint density at radius 2 is 2.38 bits per heavy atom. The number of nitrogens with zero attached hydrogens (tertiary/aromatic N) is 2. The number of nitrogens with one attached hydrogen (secondary N) is 1. The fourth-order valence-electron chi connectivity index (χ4n) is 1.85. The second-order valence-electron chi connectivity index (χ2n) is 4.21. The molecule has 0 aliphatic carbocycles. The molecule has 0 saturated carbocycles.